The molecule has 38 nitrogen and oxygen atoms in total. The third-order valence-corrected chi connectivity index (χ3v) is 17.8. The molecule has 0 heterocycles. The molecule has 7 rings (SSSR count). The van der Waals surface area contributed by atoms with Crippen molar-refractivity contribution in [3.8, 4) is 11.5 Å². The first-order chi connectivity index (χ1) is 38.3. The third-order valence-electron chi connectivity index (χ3n) is 10.8. The largest absolute Gasteiger partial charge is 0.505 e. The number of hydrogen-bond acceptors (Lipinski definition) is 29. The van der Waals surface area contributed by atoms with Gasteiger partial charge in [0, 0.05) is 16.8 Å². The molecule has 0 bridgehead atoms. The molecule has 0 saturated heterocycles. The minimum absolute atomic E-state index is 0.229. The summed E-state index contributed by atoms with van der Waals surface area (Å²) in [6.45, 7) is 0. The summed E-state index contributed by atoms with van der Waals surface area (Å²) < 4.78 is 277. The SMILES string of the molecule is Nc1c(N=Nc2ccc(N=Nc3cc(S(=O)(=O)O)ccc3S(=O)(=O)O)c3cc(S(=O)(=O)O)c(N=Nc4cc(S(=O)(=O)O)ccc4S(=O)(=O)O)c(O)c23)cc(S(=O)(=O)O)c2cc(S(=O)(=O)O)c(N=Nc3ccc(S(=O)(=O)O)cc3[N+](=O)[O-])c(O)c12. The monoisotopic (exact) mass is 1330 g/mol. The third kappa shape index (κ3) is 13.2. The van der Waals surface area contributed by atoms with E-state index in [2.05, 4.69) is 40.9 Å². The number of fused-ring (bicyclic) bond motifs is 2. The number of phenols is 2. The van der Waals surface area contributed by atoms with Gasteiger partial charge in [-0.05, 0) is 78.9 Å². The van der Waals surface area contributed by atoms with Gasteiger partial charge in [-0.3, -0.25) is 46.5 Å². The Morgan fingerprint density at radius 1 is 0.345 bits per heavy atom. The Morgan fingerprint density at radius 2 is 0.690 bits per heavy atom. The van der Waals surface area contributed by atoms with Crippen LogP contribution in [-0.4, -0.2) is 119 Å². The van der Waals surface area contributed by atoms with Gasteiger partial charge >= 0.3 is 0 Å². The average Bonchev–Trinajstić information content (AvgIpc) is 3.15. The lowest BCUT2D eigenvalue weighted by Crippen LogP contribution is -2.04. The van der Waals surface area contributed by atoms with Crippen LogP contribution < -0.4 is 5.73 Å². The second kappa shape index (κ2) is 21.6. The first-order valence-corrected chi connectivity index (χ1v) is 32.3. The van der Waals surface area contributed by atoms with Gasteiger partial charge in [0.2, 0.25) is 0 Å². The standard InChI is InChI=1S/C38H26N10O28S8/c39-34-25(14-29(82(68,69)70)19-13-31(84(74,75)76)36(38(50)33(19)34)46-41-21-4-1-17(79(59,60)61)11-26(21)48(51)52)45-42-22-6-5-20(40-43-23-9-15(77(53,54)55)2-7-27(23)80(62,63)64)18-12-30(83(71,72)73)35(37(49)32(18)22)47-44-24-10-16(78(56,57)58)3-8-28(24)81(65,66)67/h1-14,49-50H,39H2,(H,53,54,55)(H,56,57,58)(H,59,60,61)(H,62,63,64)(H,65,66,67)(H,68,69,70)(H,71,72,73)(H,74,75,76). The van der Waals surface area contributed by atoms with E-state index in [1.165, 1.54) is 0 Å². The van der Waals surface area contributed by atoms with Crippen molar-refractivity contribution in [2.45, 2.75) is 39.2 Å². The van der Waals surface area contributed by atoms with Crippen molar-refractivity contribution in [1.82, 2.24) is 0 Å². The van der Waals surface area contributed by atoms with Gasteiger partial charge in [-0.2, -0.15) is 67.3 Å². The predicted octanol–water partition coefficient (Wildman–Crippen LogP) is 6.53. The summed E-state index contributed by atoms with van der Waals surface area (Å²) in [5.41, 5.74) is -4.78. The van der Waals surface area contributed by atoms with Gasteiger partial charge < -0.3 is 15.9 Å². The number of hydrogen-bond donors (Lipinski definition) is 11. The fraction of sp³-hybridized carbons (Fsp3) is 0. The highest BCUT2D eigenvalue weighted by atomic mass is 32.2. The van der Waals surface area contributed by atoms with E-state index >= 15 is 0 Å². The summed E-state index contributed by atoms with van der Waals surface area (Å²) in [6.07, 6.45) is 0. The maximum atomic E-state index is 13.0. The zero-order chi connectivity index (χ0) is 63.0. The molecule has 84 heavy (non-hydrogen) atoms. The van der Waals surface area contributed by atoms with Crippen molar-refractivity contribution in [1.29, 1.82) is 0 Å². The van der Waals surface area contributed by atoms with E-state index in [4.69, 9.17) is 5.73 Å². The Hall–Kier alpha value is -8.46. The summed E-state index contributed by atoms with van der Waals surface area (Å²) in [4.78, 5) is 0.288. The number of nitro groups is 1. The highest BCUT2D eigenvalue weighted by molar-refractivity contribution is 7.88. The molecule has 0 aliphatic carbocycles. The Balaban J connectivity index is 1.56. The number of nitrogens with zero attached hydrogens (tertiary/aromatic N) is 9. The maximum absolute atomic E-state index is 13.0. The number of anilines is 1. The van der Waals surface area contributed by atoms with Crippen molar-refractivity contribution in [2.24, 2.45) is 40.9 Å². The molecule has 7 aromatic carbocycles. The minimum atomic E-state index is -5.82. The molecule has 0 unspecified atom stereocenters. The Bertz CT molecular complexity index is 5200. The molecule has 12 N–H and O–H groups in total. The van der Waals surface area contributed by atoms with Crippen LogP contribution in [0.5, 0.6) is 11.5 Å². The smallest absolute Gasteiger partial charge is 0.298 e. The summed E-state index contributed by atoms with van der Waals surface area (Å²) in [5, 5.41) is 59.8. The fourth-order valence-electron chi connectivity index (χ4n) is 7.21. The summed E-state index contributed by atoms with van der Waals surface area (Å²) >= 11 is 0. The van der Waals surface area contributed by atoms with Crippen molar-refractivity contribution < 1.29 is 119 Å². The number of phenolic OH excluding ortho intramolecular Hbond substituents is 2. The number of azo groups is 4. The highest BCUT2D eigenvalue weighted by Crippen LogP contribution is 2.51. The van der Waals surface area contributed by atoms with Crippen LogP contribution in [0.15, 0.2) is 165 Å². The zero-order valence-corrected chi connectivity index (χ0v) is 46.3. The van der Waals surface area contributed by atoms with E-state index < -0.39 is 215 Å². The molecule has 0 spiro atoms. The van der Waals surface area contributed by atoms with Crippen LogP contribution in [0.2, 0.25) is 0 Å². The van der Waals surface area contributed by atoms with Gasteiger partial charge in [-0.25, -0.2) is 0 Å². The van der Waals surface area contributed by atoms with Crippen LogP contribution in [0.3, 0.4) is 0 Å². The number of nitrogens with two attached hydrogens (primary N) is 1. The van der Waals surface area contributed by atoms with Gasteiger partial charge in [0.15, 0.2) is 17.2 Å². The summed E-state index contributed by atoms with van der Waals surface area (Å²) in [6, 6.07) is 6.07. The quantitative estimate of drug-likeness (QED) is 0.0152. The second-order valence-corrected chi connectivity index (χ2v) is 27.4. The summed E-state index contributed by atoms with van der Waals surface area (Å²) in [7, 11) is -43.5. The molecule has 46 heteroatoms. The van der Waals surface area contributed by atoms with Crippen LogP contribution >= 0.6 is 0 Å². The van der Waals surface area contributed by atoms with Crippen molar-refractivity contribution in [3.05, 3.63) is 95.0 Å². The highest BCUT2D eigenvalue weighted by Gasteiger charge is 2.31. The molecule has 0 radical (unpaired) electrons. The van der Waals surface area contributed by atoms with E-state index in [-0.39, 0.29) is 18.2 Å². The van der Waals surface area contributed by atoms with Crippen molar-refractivity contribution >= 4 is 159 Å². The average molecular weight is 1330 g/mol. The Labute approximate surface area is 467 Å². The van der Waals surface area contributed by atoms with Crippen LogP contribution in [0.25, 0.3) is 21.5 Å². The van der Waals surface area contributed by atoms with Crippen LogP contribution in [-0.2, 0) is 80.9 Å². The minimum Gasteiger partial charge on any atom is -0.505 e. The van der Waals surface area contributed by atoms with E-state index in [9.17, 15) is 124 Å². The van der Waals surface area contributed by atoms with Gasteiger partial charge in [-0.15, -0.1) is 40.9 Å². The van der Waals surface area contributed by atoms with Crippen LogP contribution in [0.1, 0.15) is 0 Å². The Morgan fingerprint density at radius 3 is 1.13 bits per heavy atom. The number of nitrogen functional groups attached to an aromatic ring is 1. The van der Waals surface area contributed by atoms with Crippen molar-refractivity contribution in [2.75, 3.05) is 5.73 Å². The van der Waals surface area contributed by atoms with Gasteiger partial charge in [0.1, 0.15) is 57.8 Å². The molecular formula is C38H26N10O28S8. The van der Waals surface area contributed by atoms with E-state index in [1.54, 1.807) is 0 Å². The second-order valence-electron chi connectivity index (χ2n) is 16.2. The molecular weight excluding hydrogens is 1300 g/mol. The molecule has 0 fully saturated rings. The Kier molecular flexibility index (Phi) is 16.2. The van der Waals surface area contributed by atoms with E-state index in [0.717, 1.165) is 12.1 Å². The van der Waals surface area contributed by atoms with Crippen LogP contribution in [0.4, 0.5) is 56.9 Å². The fourth-order valence-corrected chi connectivity index (χ4v) is 11.9. The maximum Gasteiger partial charge on any atom is 0.298 e. The molecule has 0 atom stereocenters. The van der Waals surface area contributed by atoms with E-state index in [1.807, 2.05) is 0 Å². The number of benzene rings is 7. The van der Waals surface area contributed by atoms with E-state index in [0.29, 0.717) is 54.6 Å². The predicted molar refractivity (Wildman–Crippen MR) is 277 cm³/mol. The molecule has 0 saturated carbocycles. The molecule has 0 amide bonds. The number of nitro benzene ring substituents is 1. The topological polar surface area (TPSA) is 643 Å². The van der Waals surface area contributed by atoms with Gasteiger partial charge in [0.05, 0.1) is 42.5 Å². The number of rotatable bonds is 17. The van der Waals surface area contributed by atoms with Crippen molar-refractivity contribution in [3.63, 3.8) is 0 Å². The zero-order valence-electron chi connectivity index (χ0n) is 39.8. The molecule has 0 aromatic heterocycles. The first kappa shape index (κ1) is 63.1. The lowest BCUT2D eigenvalue weighted by Gasteiger charge is -2.14. The van der Waals surface area contributed by atoms with Gasteiger partial charge in [-0.1, -0.05) is 0 Å². The number of aromatic hydroxyl groups is 2. The van der Waals surface area contributed by atoms with Gasteiger partial charge in [0.25, 0.3) is 86.6 Å². The lowest BCUT2D eigenvalue weighted by atomic mass is 10.0. The normalized spacial score (nSPS) is 13.6. The molecule has 0 aliphatic rings. The summed E-state index contributed by atoms with van der Waals surface area (Å²) in [5.74, 6) is -3.19. The lowest BCUT2D eigenvalue weighted by molar-refractivity contribution is -0.384. The van der Waals surface area contributed by atoms with Crippen LogP contribution in [0, 0.1) is 10.1 Å². The molecule has 7 aromatic rings. The molecule has 0 aliphatic heterocycles. The molecule has 444 valence electrons. The first-order valence-electron chi connectivity index (χ1n) is 20.8.